The van der Waals surface area contributed by atoms with Gasteiger partial charge in [0.05, 0.1) is 12.3 Å². The van der Waals surface area contributed by atoms with Gasteiger partial charge in [-0.1, -0.05) is 30.3 Å². The average Bonchev–Trinajstić information content (AvgIpc) is 3.02. The summed E-state index contributed by atoms with van der Waals surface area (Å²) in [5, 5.41) is 8.36. The van der Waals surface area contributed by atoms with Crippen LogP contribution in [0.5, 0.6) is 11.5 Å². The number of hydrogen-bond donors (Lipinski definition) is 3. The van der Waals surface area contributed by atoms with Crippen molar-refractivity contribution in [3.8, 4) is 11.5 Å². The number of fused-ring (bicyclic) bond motifs is 1. The van der Waals surface area contributed by atoms with E-state index in [0.717, 1.165) is 48.9 Å². The van der Waals surface area contributed by atoms with Crippen molar-refractivity contribution in [1.82, 2.24) is 15.6 Å². The predicted molar refractivity (Wildman–Crippen MR) is 157 cm³/mol. The van der Waals surface area contributed by atoms with Crippen LogP contribution >= 0.6 is 0 Å². The van der Waals surface area contributed by atoms with Crippen LogP contribution in [0.25, 0.3) is 6.08 Å². The fourth-order valence-electron chi connectivity index (χ4n) is 5.04. The molecule has 1 aliphatic carbocycles. The van der Waals surface area contributed by atoms with Crippen molar-refractivity contribution in [1.29, 1.82) is 0 Å². The Morgan fingerprint density at radius 2 is 1.86 bits per heavy atom. The van der Waals surface area contributed by atoms with Gasteiger partial charge in [-0.3, -0.25) is 14.6 Å². The van der Waals surface area contributed by atoms with Gasteiger partial charge in [0.15, 0.2) is 11.6 Å². The number of anilines is 1. The Hall–Kier alpha value is -4.28. The zero-order valence-corrected chi connectivity index (χ0v) is 23.5. The maximum Gasteiger partial charge on any atom is 0.313 e. The summed E-state index contributed by atoms with van der Waals surface area (Å²) in [5.74, 6) is -0.723. The van der Waals surface area contributed by atoms with Crippen molar-refractivity contribution in [3.05, 3.63) is 89.2 Å². The van der Waals surface area contributed by atoms with Gasteiger partial charge < -0.3 is 30.2 Å². The standard InChI is InChI=1S/C32H35FN4O5/c1-40-29-18-24-26(19-30(29)41-20-22-9-13-34-14-10-22)35-16-12-27(24)42-28-8-7-23(17-25(28)33)37-32(39)31(38)36-15-11-21-5-3-2-4-6-21/h2-8,12,16-17,19,22,29,34H,9-11,13-15,18,20H2,1H3,(H,36,38)(H,37,39). The van der Waals surface area contributed by atoms with Gasteiger partial charge in [-0.2, -0.15) is 0 Å². The molecular formula is C32H35FN4O5. The molecule has 0 spiro atoms. The lowest BCUT2D eigenvalue weighted by Crippen LogP contribution is -2.36. The van der Waals surface area contributed by atoms with Crippen LogP contribution in [0.2, 0.25) is 0 Å². The van der Waals surface area contributed by atoms with Gasteiger partial charge in [0.25, 0.3) is 0 Å². The number of nitrogens with one attached hydrogen (secondary N) is 3. The summed E-state index contributed by atoms with van der Waals surface area (Å²) in [6.45, 7) is 2.93. The summed E-state index contributed by atoms with van der Waals surface area (Å²) >= 11 is 0. The largest absolute Gasteiger partial charge is 0.495 e. The number of methoxy groups -OCH3 is 1. The van der Waals surface area contributed by atoms with Crippen molar-refractivity contribution in [3.63, 3.8) is 0 Å². The van der Waals surface area contributed by atoms with Gasteiger partial charge in [0.1, 0.15) is 17.6 Å². The first kappa shape index (κ1) is 29.2. The Morgan fingerprint density at radius 3 is 2.62 bits per heavy atom. The van der Waals surface area contributed by atoms with E-state index in [9.17, 15) is 9.59 Å². The third-order valence-electron chi connectivity index (χ3n) is 7.42. The monoisotopic (exact) mass is 574 g/mol. The van der Waals surface area contributed by atoms with Crippen molar-refractivity contribution in [2.24, 2.45) is 5.92 Å². The maximum atomic E-state index is 15.0. The second-order valence-electron chi connectivity index (χ2n) is 10.3. The molecule has 9 nitrogen and oxygen atoms in total. The summed E-state index contributed by atoms with van der Waals surface area (Å²) in [6.07, 6.45) is 6.36. The molecule has 3 N–H and O–H groups in total. The molecule has 10 heteroatoms. The van der Waals surface area contributed by atoms with Crippen LogP contribution < -0.4 is 20.7 Å². The van der Waals surface area contributed by atoms with Crippen molar-refractivity contribution >= 4 is 23.6 Å². The lowest BCUT2D eigenvalue weighted by molar-refractivity contribution is -0.136. The molecule has 0 radical (unpaired) electrons. The minimum absolute atomic E-state index is 0.0281. The molecule has 1 saturated heterocycles. The van der Waals surface area contributed by atoms with Crippen LogP contribution in [0.15, 0.2) is 66.6 Å². The Balaban J connectivity index is 1.20. The first-order valence-electron chi connectivity index (χ1n) is 14.2. The van der Waals surface area contributed by atoms with Crippen LogP contribution in [0, 0.1) is 11.7 Å². The summed E-state index contributed by atoms with van der Waals surface area (Å²) in [5.41, 5.74) is 2.64. The quantitative estimate of drug-likeness (QED) is 0.311. The summed E-state index contributed by atoms with van der Waals surface area (Å²) in [7, 11) is 1.63. The van der Waals surface area contributed by atoms with Gasteiger partial charge >= 0.3 is 11.8 Å². The van der Waals surface area contributed by atoms with E-state index in [-0.39, 0.29) is 17.5 Å². The molecule has 220 valence electrons. The summed E-state index contributed by atoms with van der Waals surface area (Å²) in [6, 6.07) is 15.3. The Morgan fingerprint density at radius 1 is 1.05 bits per heavy atom. The Kier molecular flexibility index (Phi) is 9.78. The molecule has 1 aliphatic heterocycles. The van der Waals surface area contributed by atoms with Gasteiger partial charge in [-0.25, -0.2) is 4.39 Å². The SMILES string of the molecule is COC1Cc2c(Oc3ccc(NC(=O)C(=O)NCCc4ccccc4)cc3F)ccnc2C=C1OCC1CCNCC1. The molecule has 1 fully saturated rings. The molecule has 0 saturated carbocycles. The molecule has 3 aromatic rings. The third-order valence-corrected chi connectivity index (χ3v) is 7.42. The van der Waals surface area contributed by atoms with Gasteiger partial charge in [0, 0.05) is 49.7 Å². The first-order valence-corrected chi connectivity index (χ1v) is 14.2. The number of carbonyl (C=O) groups is 2. The number of hydrogen-bond acceptors (Lipinski definition) is 7. The number of amides is 2. The first-order chi connectivity index (χ1) is 20.5. The smallest absolute Gasteiger partial charge is 0.313 e. The Bertz CT molecular complexity index is 1430. The van der Waals surface area contributed by atoms with E-state index < -0.39 is 17.6 Å². The molecule has 1 unspecified atom stereocenters. The van der Waals surface area contributed by atoms with Crippen LogP contribution in [0.4, 0.5) is 10.1 Å². The average molecular weight is 575 g/mol. The van der Waals surface area contributed by atoms with E-state index in [1.54, 1.807) is 19.4 Å². The van der Waals surface area contributed by atoms with Crippen LogP contribution in [-0.4, -0.2) is 56.3 Å². The van der Waals surface area contributed by atoms with E-state index in [0.29, 0.717) is 43.4 Å². The zero-order chi connectivity index (χ0) is 29.3. The molecule has 2 amide bonds. The number of pyridine rings is 1. The van der Waals surface area contributed by atoms with E-state index in [1.807, 2.05) is 36.4 Å². The number of nitrogens with zero attached hydrogens (tertiary/aromatic N) is 1. The topological polar surface area (TPSA) is 111 Å². The highest BCUT2D eigenvalue weighted by Crippen LogP contribution is 2.35. The maximum absolute atomic E-state index is 15.0. The molecule has 2 aromatic carbocycles. The second kappa shape index (κ2) is 14.1. The van der Waals surface area contributed by atoms with Crippen molar-refractivity contribution in [2.45, 2.75) is 31.8 Å². The highest BCUT2D eigenvalue weighted by atomic mass is 19.1. The molecule has 42 heavy (non-hydrogen) atoms. The lowest BCUT2D eigenvalue weighted by atomic mass is 9.96. The summed E-state index contributed by atoms with van der Waals surface area (Å²) < 4.78 is 32.9. The molecule has 1 atom stereocenters. The fraction of sp³-hybridized carbons (Fsp3) is 0.344. The molecular weight excluding hydrogens is 539 g/mol. The molecule has 5 rings (SSSR count). The zero-order valence-electron chi connectivity index (χ0n) is 23.5. The lowest BCUT2D eigenvalue weighted by Gasteiger charge is -2.28. The minimum Gasteiger partial charge on any atom is -0.495 e. The van der Waals surface area contributed by atoms with E-state index in [1.165, 1.54) is 12.1 Å². The number of ether oxygens (including phenoxy) is 3. The van der Waals surface area contributed by atoms with E-state index in [2.05, 4.69) is 20.9 Å². The van der Waals surface area contributed by atoms with Crippen molar-refractivity contribution < 1.29 is 28.2 Å². The normalized spacial score (nSPS) is 16.6. The number of halogens is 1. The number of aromatic nitrogens is 1. The number of benzene rings is 2. The van der Waals surface area contributed by atoms with E-state index in [4.69, 9.17) is 14.2 Å². The fourth-order valence-corrected chi connectivity index (χ4v) is 5.04. The number of carbonyl (C=O) groups excluding carboxylic acids is 2. The highest BCUT2D eigenvalue weighted by molar-refractivity contribution is 6.39. The molecule has 2 aliphatic rings. The minimum atomic E-state index is -0.880. The van der Waals surface area contributed by atoms with Gasteiger partial charge in [-0.15, -0.1) is 0 Å². The molecule has 2 heterocycles. The van der Waals surface area contributed by atoms with Crippen molar-refractivity contribution in [2.75, 3.05) is 38.7 Å². The molecule has 0 bridgehead atoms. The Labute approximate surface area is 244 Å². The van der Waals surface area contributed by atoms with Gasteiger partial charge in [-0.05, 0) is 62.0 Å². The number of piperidine rings is 1. The third kappa shape index (κ3) is 7.51. The highest BCUT2D eigenvalue weighted by Gasteiger charge is 2.28. The predicted octanol–water partition coefficient (Wildman–Crippen LogP) is 4.24. The van der Waals surface area contributed by atoms with Gasteiger partial charge in [0.2, 0.25) is 0 Å². The van der Waals surface area contributed by atoms with Crippen LogP contribution in [0.3, 0.4) is 0 Å². The van der Waals surface area contributed by atoms with Crippen LogP contribution in [-0.2, 0) is 31.9 Å². The molecule has 1 aromatic heterocycles. The number of rotatable bonds is 10. The van der Waals surface area contributed by atoms with E-state index >= 15 is 4.39 Å². The summed E-state index contributed by atoms with van der Waals surface area (Å²) in [4.78, 5) is 29.0. The second-order valence-corrected chi connectivity index (χ2v) is 10.3. The van der Waals surface area contributed by atoms with Crippen LogP contribution in [0.1, 0.15) is 29.7 Å².